The zero-order chi connectivity index (χ0) is 16.8. The fourth-order valence-corrected chi connectivity index (χ4v) is 2.06. The first-order chi connectivity index (χ1) is 11.0. The Morgan fingerprint density at radius 1 is 1.26 bits per heavy atom. The first-order valence-corrected chi connectivity index (χ1v) is 7.21. The highest BCUT2D eigenvalue weighted by Crippen LogP contribution is 2.17. The van der Waals surface area contributed by atoms with Crippen LogP contribution in [0.2, 0.25) is 0 Å². The summed E-state index contributed by atoms with van der Waals surface area (Å²) in [5, 5.41) is 8.93. The Bertz CT molecular complexity index is 665. The van der Waals surface area contributed by atoms with Gasteiger partial charge in [-0.1, -0.05) is 25.1 Å². The fourth-order valence-electron chi connectivity index (χ4n) is 2.06. The van der Waals surface area contributed by atoms with Crippen molar-refractivity contribution in [3.8, 4) is 5.75 Å². The van der Waals surface area contributed by atoms with Gasteiger partial charge in [-0.15, -0.1) is 0 Å². The Hall–Kier alpha value is -2.76. The molecule has 2 aromatic rings. The summed E-state index contributed by atoms with van der Waals surface area (Å²) in [6.07, 6.45) is 1.42. The molecule has 0 saturated heterocycles. The quantitative estimate of drug-likeness (QED) is 0.849. The zero-order valence-corrected chi connectivity index (χ0v) is 13.1. The maximum atomic E-state index is 12.4. The minimum Gasteiger partial charge on any atom is -0.489 e. The average Bonchev–Trinajstić information content (AvgIpc) is 3.01. The van der Waals surface area contributed by atoms with E-state index in [1.807, 2.05) is 30.3 Å². The van der Waals surface area contributed by atoms with Gasteiger partial charge in [0.05, 0.1) is 12.2 Å². The molecular formula is C17H19NO5. The van der Waals surface area contributed by atoms with Gasteiger partial charge in [0.15, 0.2) is 5.76 Å². The van der Waals surface area contributed by atoms with Crippen molar-refractivity contribution < 1.29 is 23.8 Å². The van der Waals surface area contributed by atoms with Crippen LogP contribution in [0, 0.1) is 5.92 Å². The van der Waals surface area contributed by atoms with E-state index in [0.29, 0.717) is 11.3 Å². The highest BCUT2D eigenvalue weighted by molar-refractivity contribution is 5.93. The van der Waals surface area contributed by atoms with Crippen molar-refractivity contribution in [2.24, 2.45) is 5.92 Å². The van der Waals surface area contributed by atoms with E-state index in [4.69, 9.17) is 14.3 Å². The summed E-state index contributed by atoms with van der Waals surface area (Å²) in [5.41, 5.74) is 0.619. The summed E-state index contributed by atoms with van der Waals surface area (Å²) in [6, 6.07) is 10.9. The molecule has 1 amide bonds. The highest BCUT2D eigenvalue weighted by atomic mass is 16.5. The molecule has 0 spiro atoms. The Morgan fingerprint density at radius 2 is 1.96 bits per heavy atom. The first-order valence-electron chi connectivity index (χ1n) is 7.21. The van der Waals surface area contributed by atoms with Gasteiger partial charge in [-0.05, 0) is 18.2 Å². The Morgan fingerprint density at radius 3 is 2.61 bits per heavy atom. The van der Waals surface area contributed by atoms with E-state index in [1.54, 1.807) is 20.0 Å². The summed E-state index contributed by atoms with van der Waals surface area (Å²) in [4.78, 5) is 24.6. The minimum atomic E-state index is -0.947. The molecule has 0 aliphatic heterocycles. The smallest absolute Gasteiger partial charge is 0.308 e. The number of hydrogen-bond donors (Lipinski definition) is 1. The van der Waals surface area contributed by atoms with E-state index in [2.05, 4.69) is 0 Å². The molecule has 0 fully saturated rings. The molecule has 6 heteroatoms. The lowest BCUT2D eigenvalue weighted by Gasteiger charge is -2.18. The minimum absolute atomic E-state index is 0.105. The summed E-state index contributed by atoms with van der Waals surface area (Å²) in [5.74, 6) is -1.10. The van der Waals surface area contributed by atoms with Crippen molar-refractivity contribution in [2.45, 2.75) is 13.5 Å². The molecule has 1 atom stereocenters. The number of rotatable bonds is 7. The van der Waals surface area contributed by atoms with Crippen LogP contribution in [0.5, 0.6) is 5.75 Å². The second-order valence-corrected chi connectivity index (χ2v) is 5.30. The van der Waals surface area contributed by atoms with Gasteiger partial charge in [0.2, 0.25) is 0 Å². The van der Waals surface area contributed by atoms with Crippen LogP contribution in [0.25, 0.3) is 0 Å². The molecule has 0 aliphatic carbocycles. The second kappa shape index (κ2) is 7.49. The van der Waals surface area contributed by atoms with Gasteiger partial charge >= 0.3 is 5.97 Å². The third-order valence-electron chi connectivity index (χ3n) is 3.39. The number of aliphatic carboxylic acids is 1. The maximum absolute atomic E-state index is 12.4. The molecule has 1 heterocycles. The van der Waals surface area contributed by atoms with Crippen molar-refractivity contribution >= 4 is 11.9 Å². The number of carbonyl (C=O) groups is 2. The highest BCUT2D eigenvalue weighted by Gasteiger charge is 2.23. The lowest BCUT2D eigenvalue weighted by molar-refractivity contribution is -0.141. The standard InChI is InChI=1S/C17H19NO5/c1-12(17(20)21)10-18(2)16(19)15-13(8-9-22-15)11-23-14-6-4-3-5-7-14/h3-9,12H,10-11H2,1-2H3,(H,20,21). The number of furan rings is 1. The molecule has 0 aliphatic rings. The number of benzene rings is 1. The van der Waals surface area contributed by atoms with Gasteiger partial charge in [-0.2, -0.15) is 0 Å². The lowest BCUT2D eigenvalue weighted by atomic mass is 10.1. The van der Waals surface area contributed by atoms with Crippen LogP contribution >= 0.6 is 0 Å². The number of para-hydroxylation sites is 1. The lowest BCUT2D eigenvalue weighted by Crippen LogP contribution is -2.34. The van der Waals surface area contributed by atoms with Crippen LogP contribution in [0.15, 0.2) is 47.1 Å². The second-order valence-electron chi connectivity index (χ2n) is 5.30. The van der Waals surface area contributed by atoms with Crippen LogP contribution in [0.4, 0.5) is 0 Å². The zero-order valence-electron chi connectivity index (χ0n) is 13.1. The van der Waals surface area contributed by atoms with Crippen LogP contribution in [0.1, 0.15) is 23.0 Å². The first kappa shape index (κ1) is 16.6. The largest absolute Gasteiger partial charge is 0.489 e. The van der Waals surface area contributed by atoms with Crippen LogP contribution in [-0.4, -0.2) is 35.5 Å². The summed E-state index contributed by atoms with van der Waals surface area (Å²) < 4.78 is 10.9. The molecule has 2 rings (SSSR count). The fraction of sp³-hybridized carbons (Fsp3) is 0.294. The van der Waals surface area contributed by atoms with Crippen LogP contribution in [0.3, 0.4) is 0 Å². The number of carbonyl (C=O) groups excluding carboxylic acids is 1. The molecule has 1 aromatic carbocycles. The van der Waals surface area contributed by atoms with E-state index in [-0.39, 0.29) is 24.8 Å². The van der Waals surface area contributed by atoms with Crippen molar-refractivity contribution in [1.82, 2.24) is 4.90 Å². The van der Waals surface area contributed by atoms with Crippen LogP contribution in [-0.2, 0) is 11.4 Å². The molecule has 122 valence electrons. The van der Waals surface area contributed by atoms with Gasteiger partial charge in [-0.25, -0.2) is 0 Å². The third kappa shape index (κ3) is 4.35. The molecular weight excluding hydrogens is 298 g/mol. The predicted molar refractivity (Wildman–Crippen MR) is 83.2 cm³/mol. The number of carboxylic acids is 1. The predicted octanol–water partition coefficient (Wildman–Crippen LogP) is 2.65. The average molecular weight is 317 g/mol. The number of nitrogens with zero attached hydrogens (tertiary/aromatic N) is 1. The number of ether oxygens (including phenoxy) is 1. The maximum Gasteiger partial charge on any atom is 0.308 e. The van der Waals surface area contributed by atoms with Gasteiger partial charge in [0.25, 0.3) is 5.91 Å². The molecule has 0 bridgehead atoms. The van der Waals surface area contributed by atoms with E-state index in [9.17, 15) is 9.59 Å². The SMILES string of the molecule is CC(CN(C)C(=O)c1occc1COc1ccccc1)C(=O)O. The molecule has 1 unspecified atom stereocenters. The van der Waals surface area contributed by atoms with Crippen molar-refractivity contribution in [2.75, 3.05) is 13.6 Å². The Balaban J connectivity index is 2.02. The summed E-state index contributed by atoms with van der Waals surface area (Å²) >= 11 is 0. The number of carboxylic acid groups (broad SMARTS) is 1. The van der Waals surface area contributed by atoms with Gasteiger partial charge < -0.3 is 19.2 Å². The molecule has 23 heavy (non-hydrogen) atoms. The van der Waals surface area contributed by atoms with Crippen molar-refractivity contribution in [1.29, 1.82) is 0 Å². The molecule has 1 N–H and O–H groups in total. The number of amides is 1. The third-order valence-corrected chi connectivity index (χ3v) is 3.39. The van der Waals surface area contributed by atoms with Crippen molar-refractivity contribution in [3.05, 3.63) is 54.0 Å². The normalized spacial score (nSPS) is 11.7. The number of hydrogen-bond acceptors (Lipinski definition) is 4. The topological polar surface area (TPSA) is 80.0 Å². The Labute approximate surface area is 134 Å². The van der Waals surface area contributed by atoms with E-state index in [0.717, 1.165) is 0 Å². The summed E-state index contributed by atoms with van der Waals surface area (Å²) in [6.45, 7) is 1.85. The van der Waals surface area contributed by atoms with Crippen LogP contribution < -0.4 is 4.74 Å². The molecule has 0 saturated carbocycles. The Kier molecular flexibility index (Phi) is 5.41. The van der Waals surface area contributed by atoms with Crippen molar-refractivity contribution in [3.63, 3.8) is 0 Å². The van der Waals surface area contributed by atoms with E-state index < -0.39 is 11.9 Å². The summed E-state index contributed by atoms with van der Waals surface area (Å²) in [7, 11) is 1.55. The molecule has 6 nitrogen and oxygen atoms in total. The van der Waals surface area contributed by atoms with E-state index >= 15 is 0 Å². The monoisotopic (exact) mass is 317 g/mol. The van der Waals surface area contributed by atoms with Gasteiger partial charge in [0, 0.05) is 19.2 Å². The van der Waals surface area contributed by atoms with E-state index in [1.165, 1.54) is 11.2 Å². The van der Waals surface area contributed by atoms with Gasteiger partial charge in [-0.3, -0.25) is 9.59 Å². The molecule has 1 aromatic heterocycles. The molecule has 0 radical (unpaired) electrons. The van der Waals surface area contributed by atoms with Gasteiger partial charge in [0.1, 0.15) is 12.4 Å².